The zero-order chi connectivity index (χ0) is 10.0. The van der Waals surface area contributed by atoms with Crippen LogP contribution in [0.25, 0.3) is 0 Å². The van der Waals surface area contributed by atoms with E-state index in [1.54, 1.807) is 6.07 Å². The lowest BCUT2D eigenvalue weighted by Gasteiger charge is -2.04. The lowest BCUT2D eigenvalue weighted by molar-refractivity contribution is 0.0599. The van der Waals surface area contributed by atoms with Crippen molar-refractivity contribution in [3.05, 3.63) is 25.7 Å². The van der Waals surface area contributed by atoms with Crippen LogP contribution in [0, 0.1) is 3.57 Å². The second-order valence-corrected chi connectivity index (χ2v) is 4.29. The fraction of sp³-hybridized carbons (Fsp3) is 0.125. The van der Waals surface area contributed by atoms with Crippen LogP contribution < -0.4 is 0 Å². The Morgan fingerprint density at radius 3 is 2.77 bits per heavy atom. The van der Waals surface area contributed by atoms with E-state index in [-0.39, 0.29) is 5.75 Å². The van der Waals surface area contributed by atoms with Gasteiger partial charge in [0.25, 0.3) is 0 Å². The predicted molar refractivity (Wildman–Crippen MR) is 59.9 cm³/mol. The van der Waals surface area contributed by atoms with E-state index < -0.39 is 5.97 Å². The third kappa shape index (κ3) is 2.34. The number of halogens is 2. The predicted octanol–water partition coefficient (Wildman–Crippen LogP) is 2.55. The number of phenolic OH excluding ortho intramolecular Hbond substituents is 1. The van der Waals surface area contributed by atoms with E-state index in [9.17, 15) is 9.90 Å². The van der Waals surface area contributed by atoms with Crippen molar-refractivity contribution in [1.29, 1.82) is 0 Å². The summed E-state index contributed by atoms with van der Waals surface area (Å²) in [5.41, 5.74) is 0.407. The lowest BCUT2D eigenvalue weighted by atomic mass is 10.2. The third-order valence-corrected chi connectivity index (χ3v) is 2.96. The molecule has 0 aliphatic carbocycles. The molecule has 1 aromatic rings. The van der Waals surface area contributed by atoms with Gasteiger partial charge < -0.3 is 9.84 Å². The van der Waals surface area contributed by atoms with Crippen LogP contribution in [-0.2, 0) is 4.74 Å². The number of hydrogen-bond donors (Lipinski definition) is 1. The molecule has 0 bridgehead atoms. The zero-order valence-electron chi connectivity index (χ0n) is 6.67. The van der Waals surface area contributed by atoms with Gasteiger partial charge in [-0.15, -0.1) is 0 Å². The average molecular weight is 357 g/mol. The molecule has 3 nitrogen and oxygen atoms in total. The van der Waals surface area contributed by atoms with Gasteiger partial charge >= 0.3 is 5.97 Å². The molecule has 70 valence electrons. The summed E-state index contributed by atoms with van der Waals surface area (Å²) in [6, 6.07) is 3.03. The first-order valence-corrected chi connectivity index (χ1v) is 5.19. The molecule has 0 aliphatic heterocycles. The Bertz CT molecular complexity index is 351. The Morgan fingerprint density at radius 2 is 2.23 bits per heavy atom. The van der Waals surface area contributed by atoms with Crippen molar-refractivity contribution >= 4 is 44.5 Å². The molecule has 0 atom stereocenters. The van der Waals surface area contributed by atoms with Gasteiger partial charge in [0.1, 0.15) is 5.75 Å². The first kappa shape index (κ1) is 10.8. The maximum atomic E-state index is 11.2. The standard InChI is InChI=1S/C8H6BrIO3/c1-13-8(12)4-2-6(10)7(11)3-5(4)9/h2-3,11H,1H3. The summed E-state index contributed by atoms with van der Waals surface area (Å²) in [5.74, 6) is -0.287. The van der Waals surface area contributed by atoms with E-state index in [0.717, 1.165) is 0 Å². The second kappa shape index (κ2) is 4.28. The molecule has 0 saturated carbocycles. The molecule has 0 aliphatic rings. The largest absolute Gasteiger partial charge is 0.507 e. The van der Waals surface area contributed by atoms with E-state index in [1.165, 1.54) is 13.2 Å². The zero-order valence-corrected chi connectivity index (χ0v) is 10.4. The normalized spacial score (nSPS) is 9.77. The van der Waals surface area contributed by atoms with Crippen molar-refractivity contribution in [3.8, 4) is 5.75 Å². The van der Waals surface area contributed by atoms with Crippen LogP contribution in [0.15, 0.2) is 16.6 Å². The highest BCUT2D eigenvalue weighted by Crippen LogP contribution is 2.28. The summed E-state index contributed by atoms with van der Waals surface area (Å²) in [4.78, 5) is 11.2. The quantitative estimate of drug-likeness (QED) is 0.621. The minimum absolute atomic E-state index is 0.139. The average Bonchev–Trinajstić information content (AvgIpc) is 2.10. The van der Waals surface area contributed by atoms with Crippen LogP contribution in [0.5, 0.6) is 5.75 Å². The molecule has 0 saturated heterocycles. The third-order valence-electron chi connectivity index (χ3n) is 1.44. The van der Waals surface area contributed by atoms with Crippen molar-refractivity contribution in [2.75, 3.05) is 7.11 Å². The van der Waals surface area contributed by atoms with Gasteiger partial charge in [0.05, 0.1) is 16.2 Å². The highest BCUT2D eigenvalue weighted by molar-refractivity contribution is 14.1. The lowest BCUT2D eigenvalue weighted by Crippen LogP contribution is -2.02. The Balaban J connectivity index is 3.23. The van der Waals surface area contributed by atoms with Gasteiger partial charge in [-0.25, -0.2) is 4.79 Å². The first-order valence-electron chi connectivity index (χ1n) is 3.32. The van der Waals surface area contributed by atoms with Crippen molar-refractivity contribution in [3.63, 3.8) is 0 Å². The summed E-state index contributed by atoms with van der Waals surface area (Å²) < 4.78 is 5.70. The fourth-order valence-corrected chi connectivity index (χ4v) is 1.76. The van der Waals surface area contributed by atoms with Gasteiger partial charge in [-0.1, -0.05) is 0 Å². The van der Waals surface area contributed by atoms with Crippen LogP contribution in [0.1, 0.15) is 10.4 Å². The van der Waals surface area contributed by atoms with E-state index >= 15 is 0 Å². The second-order valence-electron chi connectivity index (χ2n) is 2.28. The van der Waals surface area contributed by atoms with Crippen molar-refractivity contribution in [2.45, 2.75) is 0 Å². The minimum Gasteiger partial charge on any atom is -0.507 e. The van der Waals surface area contributed by atoms with E-state index in [4.69, 9.17) is 0 Å². The van der Waals surface area contributed by atoms with Crippen LogP contribution >= 0.6 is 38.5 Å². The number of benzene rings is 1. The summed E-state index contributed by atoms with van der Waals surface area (Å²) >= 11 is 5.10. The van der Waals surface area contributed by atoms with Crippen molar-refractivity contribution in [2.24, 2.45) is 0 Å². The SMILES string of the molecule is COC(=O)c1cc(I)c(O)cc1Br. The number of carbonyl (C=O) groups is 1. The van der Waals surface area contributed by atoms with Crippen LogP contribution in [-0.4, -0.2) is 18.2 Å². The number of phenols is 1. The van der Waals surface area contributed by atoms with E-state index in [0.29, 0.717) is 13.6 Å². The summed E-state index contributed by atoms with van der Waals surface area (Å²) in [5, 5.41) is 9.29. The molecular weight excluding hydrogens is 351 g/mol. The molecule has 13 heavy (non-hydrogen) atoms. The van der Waals surface area contributed by atoms with Crippen LogP contribution in [0.3, 0.4) is 0 Å². The summed E-state index contributed by atoms with van der Waals surface area (Å²) in [6.07, 6.45) is 0. The van der Waals surface area contributed by atoms with Gasteiger partial charge in [0.15, 0.2) is 0 Å². The Labute approximate surface area is 97.4 Å². The number of carbonyl (C=O) groups excluding carboxylic acids is 1. The first-order chi connectivity index (χ1) is 6.06. The molecule has 0 spiro atoms. The molecule has 0 heterocycles. The van der Waals surface area contributed by atoms with Gasteiger partial charge in [-0.3, -0.25) is 0 Å². The number of methoxy groups -OCH3 is 1. The maximum Gasteiger partial charge on any atom is 0.339 e. The molecule has 0 amide bonds. The highest BCUT2D eigenvalue weighted by atomic mass is 127. The molecule has 1 aromatic carbocycles. The molecule has 1 rings (SSSR count). The number of aromatic hydroxyl groups is 1. The topological polar surface area (TPSA) is 46.5 Å². The number of hydrogen-bond acceptors (Lipinski definition) is 3. The Kier molecular flexibility index (Phi) is 3.55. The Hall–Kier alpha value is -0.300. The van der Waals surface area contributed by atoms with Gasteiger partial charge in [0.2, 0.25) is 0 Å². The van der Waals surface area contributed by atoms with Crippen LogP contribution in [0.4, 0.5) is 0 Å². The molecular formula is C8H6BrIO3. The maximum absolute atomic E-state index is 11.2. The number of ether oxygens (including phenoxy) is 1. The number of rotatable bonds is 1. The van der Waals surface area contributed by atoms with Crippen molar-refractivity contribution in [1.82, 2.24) is 0 Å². The Morgan fingerprint density at radius 1 is 1.62 bits per heavy atom. The molecule has 1 N–H and O–H groups in total. The van der Waals surface area contributed by atoms with E-state index in [1.807, 2.05) is 22.6 Å². The fourth-order valence-electron chi connectivity index (χ4n) is 0.803. The summed E-state index contributed by atoms with van der Waals surface area (Å²) in [7, 11) is 1.31. The van der Waals surface area contributed by atoms with Crippen LogP contribution in [0.2, 0.25) is 0 Å². The monoisotopic (exact) mass is 356 g/mol. The molecule has 0 unspecified atom stereocenters. The molecule has 5 heteroatoms. The molecule has 0 aromatic heterocycles. The minimum atomic E-state index is -0.426. The number of esters is 1. The summed E-state index contributed by atoms with van der Waals surface area (Å²) in [6.45, 7) is 0. The molecule has 0 radical (unpaired) electrons. The van der Waals surface area contributed by atoms with Gasteiger partial charge in [-0.05, 0) is 50.7 Å². The van der Waals surface area contributed by atoms with Crippen molar-refractivity contribution < 1.29 is 14.6 Å². The highest BCUT2D eigenvalue weighted by Gasteiger charge is 2.12. The molecule has 0 fully saturated rings. The van der Waals surface area contributed by atoms with Gasteiger partial charge in [0, 0.05) is 4.47 Å². The van der Waals surface area contributed by atoms with E-state index in [2.05, 4.69) is 20.7 Å². The van der Waals surface area contributed by atoms with Gasteiger partial charge in [-0.2, -0.15) is 0 Å². The smallest absolute Gasteiger partial charge is 0.339 e.